The lowest BCUT2D eigenvalue weighted by Gasteiger charge is -2.29. The third-order valence-electron chi connectivity index (χ3n) is 3.27. The van der Waals surface area contributed by atoms with Crippen LogP contribution in [-0.2, 0) is 15.4 Å². The van der Waals surface area contributed by atoms with Crippen LogP contribution in [-0.4, -0.2) is 49.4 Å². The number of hydrogen-bond donors (Lipinski definition) is 0. The van der Waals surface area contributed by atoms with Gasteiger partial charge in [0.1, 0.15) is 5.01 Å². The lowest BCUT2D eigenvalue weighted by molar-refractivity contribution is 0.0612. The Balaban J connectivity index is 2.69. The molecule has 0 fully saturated rings. The van der Waals surface area contributed by atoms with Crippen LogP contribution in [0.4, 0.5) is 0 Å². The van der Waals surface area contributed by atoms with E-state index < -0.39 is 0 Å². The second-order valence-electron chi connectivity index (χ2n) is 4.66. The summed E-state index contributed by atoms with van der Waals surface area (Å²) in [7, 11) is 0. The molecule has 0 spiro atoms. The Morgan fingerprint density at radius 2 is 1.81 bits per heavy atom. The van der Waals surface area contributed by atoms with Crippen LogP contribution < -0.4 is 0 Å². The molecule has 6 heteroatoms. The first-order chi connectivity index (χ1) is 10.3. The smallest absolute Gasteiger partial charge is 0.110 e. The lowest BCUT2D eigenvalue weighted by atomic mass is 10.2. The predicted molar refractivity (Wildman–Crippen MR) is 89.3 cm³/mol. The second kappa shape index (κ2) is 11.4. The molecule has 0 bridgehead atoms. The van der Waals surface area contributed by atoms with E-state index in [1.54, 1.807) is 11.3 Å². The number of rotatable bonds is 12. The summed E-state index contributed by atoms with van der Waals surface area (Å²) in [6, 6.07) is 0.313. The highest BCUT2D eigenvalue weighted by Gasteiger charge is 2.21. The normalized spacial score (nSPS) is 13.0. The Hall–Kier alpha value is -0.200. The minimum absolute atomic E-state index is 0.313. The van der Waals surface area contributed by atoms with Crippen molar-refractivity contribution < 1.29 is 9.47 Å². The highest BCUT2D eigenvalue weighted by molar-refractivity contribution is 7.09. The quantitative estimate of drug-likeness (QED) is 0.431. The Kier molecular flexibility index (Phi) is 10.2. The summed E-state index contributed by atoms with van der Waals surface area (Å²) in [5.74, 6) is 0.477. The Morgan fingerprint density at radius 3 is 2.24 bits per heavy atom. The summed E-state index contributed by atoms with van der Waals surface area (Å²) in [4.78, 5) is 7.05. The molecule has 0 aliphatic rings. The molecule has 0 N–H and O–H groups in total. The van der Waals surface area contributed by atoms with Crippen molar-refractivity contribution in [2.75, 3.05) is 39.5 Å². The van der Waals surface area contributed by atoms with Gasteiger partial charge in [-0.1, -0.05) is 6.92 Å². The topological polar surface area (TPSA) is 34.6 Å². The fourth-order valence-corrected chi connectivity index (χ4v) is 3.47. The molecule has 1 heterocycles. The maximum absolute atomic E-state index is 5.86. The van der Waals surface area contributed by atoms with Crippen molar-refractivity contribution in [3.05, 3.63) is 16.1 Å². The first kappa shape index (κ1) is 18.8. The average molecular weight is 335 g/mol. The van der Waals surface area contributed by atoms with Gasteiger partial charge in [-0.05, 0) is 20.3 Å². The molecule has 0 aliphatic heterocycles. The molecule has 1 aromatic rings. The number of nitrogens with zero attached hydrogens (tertiary/aromatic N) is 2. The van der Waals surface area contributed by atoms with Crippen LogP contribution in [0, 0.1) is 0 Å². The number of aromatic nitrogens is 1. The van der Waals surface area contributed by atoms with E-state index in [1.165, 1.54) is 0 Å². The van der Waals surface area contributed by atoms with E-state index in [2.05, 4.69) is 16.8 Å². The molecule has 0 radical (unpaired) electrons. The lowest BCUT2D eigenvalue weighted by Crippen LogP contribution is -2.34. The summed E-state index contributed by atoms with van der Waals surface area (Å²) >= 11 is 7.56. The SMILES string of the molecule is CCOCCN(CCOCC)C(CC)c1nc(CCl)cs1. The Morgan fingerprint density at radius 1 is 1.19 bits per heavy atom. The van der Waals surface area contributed by atoms with Crippen molar-refractivity contribution >= 4 is 22.9 Å². The van der Waals surface area contributed by atoms with Gasteiger partial charge in [-0.2, -0.15) is 0 Å². The maximum atomic E-state index is 5.86. The summed E-state index contributed by atoms with van der Waals surface area (Å²) < 4.78 is 11.0. The molecule has 21 heavy (non-hydrogen) atoms. The van der Waals surface area contributed by atoms with Crippen molar-refractivity contribution in [3.8, 4) is 0 Å². The molecule has 0 aliphatic carbocycles. The van der Waals surface area contributed by atoms with Gasteiger partial charge in [0.05, 0.1) is 30.8 Å². The third-order valence-corrected chi connectivity index (χ3v) is 4.54. The molecule has 1 atom stereocenters. The van der Waals surface area contributed by atoms with Gasteiger partial charge in [-0.3, -0.25) is 4.90 Å². The van der Waals surface area contributed by atoms with Gasteiger partial charge in [0.2, 0.25) is 0 Å². The zero-order valence-electron chi connectivity index (χ0n) is 13.3. The number of thiazole rings is 1. The molecule has 0 saturated carbocycles. The molecule has 1 unspecified atom stereocenters. The van der Waals surface area contributed by atoms with Crippen LogP contribution in [0.1, 0.15) is 43.9 Å². The van der Waals surface area contributed by atoms with Gasteiger partial charge in [0, 0.05) is 31.7 Å². The van der Waals surface area contributed by atoms with Crippen LogP contribution in [0.15, 0.2) is 5.38 Å². The molecule has 0 aromatic carbocycles. The standard InChI is InChI=1S/C15H27ClN2O2S/c1-4-14(15-17-13(11-16)12-21-15)18(7-9-19-5-2)8-10-20-6-3/h12,14H,4-11H2,1-3H3. The van der Waals surface area contributed by atoms with E-state index >= 15 is 0 Å². The first-order valence-corrected chi connectivity index (χ1v) is 9.07. The average Bonchev–Trinajstić information content (AvgIpc) is 2.97. The molecule has 1 aromatic heterocycles. The van der Waals surface area contributed by atoms with E-state index in [0.717, 1.165) is 56.6 Å². The Bertz CT molecular complexity index is 366. The van der Waals surface area contributed by atoms with Crippen LogP contribution in [0.5, 0.6) is 0 Å². The fourth-order valence-electron chi connectivity index (χ4n) is 2.20. The van der Waals surface area contributed by atoms with Gasteiger partial charge < -0.3 is 9.47 Å². The molecular formula is C15H27ClN2O2S. The van der Waals surface area contributed by atoms with E-state index in [1.807, 2.05) is 19.2 Å². The van der Waals surface area contributed by atoms with Crippen molar-refractivity contribution in [1.82, 2.24) is 9.88 Å². The van der Waals surface area contributed by atoms with Gasteiger partial charge in [-0.15, -0.1) is 22.9 Å². The summed E-state index contributed by atoms with van der Waals surface area (Å²) in [6.45, 7) is 11.0. The van der Waals surface area contributed by atoms with Crippen molar-refractivity contribution in [1.29, 1.82) is 0 Å². The highest BCUT2D eigenvalue weighted by Crippen LogP contribution is 2.27. The van der Waals surface area contributed by atoms with Gasteiger partial charge in [0.15, 0.2) is 0 Å². The predicted octanol–water partition coefficient (Wildman–Crippen LogP) is 3.71. The first-order valence-electron chi connectivity index (χ1n) is 7.66. The molecule has 0 amide bonds. The monoisotopic (exact) mass is 334 g/mol. The van der Waals surface area contributed by atoms with Crippen LogP contribution >= 0.6 is 22.9 Å². The number of alkyl halides is 1. The molecule has 0 saturated heterocycles. The fraction of sp³-hybridized carbons (Fsp3) is 0.800. The van der Waals surface area contributed by atoms with Gasteiger partial charge >= 0.3 is 0 Å². The van der Waals surface area contributed by atoms with Crippen molar-refractivity contribution in [2.45, 2.75) is 39.1 Å². The van der Waals surface area contributed by atoms with Crippen molar-refractivity contribution in [2.24, 2.45) is 0 Å². The minimum Gasteiger partial charge on any atom is -0.380 e. The zero-order chi connectivity index (χ0) is 15.5. The maximum Gasteiger partial charge on any atom is 0.110 e. The summed E-state index contributed by atoms with van der Waals surface area (Å²) in [5, 5.41) is 3.19. The summed E-state index contributed by atoms with van der Waals surface area (Å²) in [5.41, 5.74) is 0.963. The molecular weight excluding hydrogens is 308 g/mol. The number of ether oxygens (including phenoxy) is 2. The third kappa shape index (κ3) is 6.61. The Labute approximate surface area is 137 Å². The van der Waals surface area contributed by atoms with Crippen LogP contribution in [0.2, 0.25) is 0 Å². The summed E-state index contributed by atoms with van der Waals surface area (Å²) in [6.07, 6.45) is 1.02. The van der Waals surface area contributed by atoms with E-state index in [-0.39, 0.29) is 0 Å². The van der Waals surface area contributed by atoms with E-state index in [4.69, 9.17) is 21.1 Å². The van der Waals surface area contributed by atoms with E-state index in [0.29, 0.717) is 11.9 Å². The number of halogens is 1. The molecule has 122 valence electrons. The zero-order valence-corrected chi connectivity index (χ0v) is 14.9. The largest absolute Gasteiger partial charge is 0.380 e. The number of hydrogen-bond acceptors (Lipinski definition) is 5. The minimum atomic E-state index is 0.313. The van der Waals surface area contributed by atoms with Gasteiger partial charge in [0.25, 0.3) is 0 Å². The van der Waals surface area contributed by atoms with Gasteiger partial charge in [-0.25, -0.2) is 4.98 Å². The van der Waals surface area contributed by atoms with Crippen LogP contribution in [0.25, 0.3) is 0 Å². The highest BCUT2D eigenvalue weighted by atomic mass is 35.5. The van der Waals surface area contributed by atoms with E-state index in [9.17, 15) is 0 Å². The van der Waals surface area contributed by atoms with Crippen LogP contribution in [0.3, 0.4) is 0 Å². The molecule has 1 rings (SSSR count). The molecule has 4 nitrogen and oxygen atoms in total. The second-order valence-corrected chi connectivity index (χ2v) is 5.82. The van der Waals surface area contributed by atoms with Crippen molar-refractivity contribution in [3.63, 3.8) is 0 Å².